The lowest BCUT2D eigenvalue weighted by atomic mass is 9.91. The van der Waals surface area contributed by atoms with Crippen LogP contribution in [0.5, 0.6) is 0 Å². The van der Waals surface area contributed by atoms with Crippen LogP contribution in [-0.4, -0.2) is 66.8 Å². The predicted octanol–water partition coefficient (Wildman–Crippen LogP) is 2.15. The molecule has 154 valence electrons. The monoisotopic (exact) mass is 390 g/mol. The van der Waals surface area contributed by atoms with Gasteiger partial charge in [0, 0.05) is 38.2 Å². The smallest absolute Gasteiger partial charge is 0.282 e. The second-order valence-corrected chi connectivity index (χ2v) is 8.46. The molecule has 1 aromatic carbocycles. The molecule has 8 heteroatoms. The van der Waals surface area contributed by atoms with Crippen LogP contribution in [0.2, 0.25) is 0 Å². The summed E-state index contributed by atoms with van der Waals surface area (Å²) in [5.41, 5.74) is -0.112. The fourth-order valence-electron chi connectivity index (χ4n) is 3.71. The fraction of sp³-hybridized carbons (Fsp3) is 0.600. The molecule has 1 fully saturated rings. The zero-order chi connectivity index (χ0) is 20.9. The van der Waals surface area contributed by atoms with Gasteiger partial charge in [-0.05, 0) is 38.4 Å². The lowest BCUT2D eigenvalue weighted by molar-refractivity contribution is -0.385. The summed E-state index contributed by atoms with van der Waals surface area (Å²) in [6.45, 7) is 6.53. The van der Waals surface area contributed by atoms with Crippen LogP contribution in [0.15, 0.2) is 24.3 Å². The Kier molecular flexibility index (Phi) is 7.12. The Balaban J connectivity index is 1.90. The van der Waals surface area contributed by atoms with Gasteiger partial charge in [-0.15, -0.1) is 0 Å². The zero-order valence-electron chi connectivity index (χ0n) is 17.1. The minimum Gasteiger partial charge on any atom is -0.355 e. The molecule has 0 unspecified atom stereocenters. The molecule has 2 rings (SSSR count). The summed E-state index contributed by atoms with van der Waals surface area (Å²) < 4.78 is 0. The van der Waals surface area contributed by atoms with Crippen molar-refractivity contribution < 1.29 is 14.5 Å². The van der Waals surface area contributed by atoms with Crippen molar-refractivity contribution in [1.29, 1.82) is 0 Å². The van der Waals surface area contributed by atoms with Crippen LogP contribution in [0.3, 0.4) is 0 Å². The van der Waals surface area contributed by atoms with Gasteiger partial charge >= 0.3 is 0 Å². The van der Waals surface area contributed by atoms with Crippen LogP contribution >= 0.6 is 0 Å². The van der Waals surface area contributed by atoms with Gasteiger partial charge in [0.25, 0.3) is 11.6 Å². The Morgan fingerprint density at radius 2 is 1.86 bits per heavy atom. The maximum atomic E-state index is 12.7. The van der Waals surface area contributed by atoms with E-state index in [1.54, 1.807) is 17.0 Å². The highest BCUT2D eigenvalue weighted by Crippen LogP contribution is 2.24. The number of nitro benzene ring substituents is 1. The predicted molar refractivity (Wildman–Crippen MR) is 107 cm³/mol. The van der Waals surface area contributed by atoms with Crippen molar-refractivity contribution in [2.45, 2.75) is 26.7 Å². The Morgan fingerprint density at radius 3 is 2.43 bits per heavy atom. The van der Waals surface area contributed by atoms with E-state index in [0.29, 0.717) is 32.5 Å². The van der Waals surface area contributed by atoms with E-state index in [1.165, 1.54) is 12.1 Å². The summed E-state index contributed by atoms with van der Waals surface area (Å²) in [6.07, 6.45) is 1.12. The third kappa shape index (κ3) is 5.76. The second-order valence-electron chi connectivity index (χ2n) is 8.46. The van der Waals surface area contributed by atoms with E-state index in [1.807, 2.05) is 14.1 Å². The van der Waals surface area contributed by atoms with E-state index < -0.39 is 4.92 Å². The molecule has 1 aliphatic rings. The van der Waals surface area contributed by atoms with Gasteiger partial charge in [0.2, 0.25) is 5.91 Å². The van der Waals surface area contributed by atoms with Crippen molar-refractivity contribution >= 4 is 17.5 Å². The lowest BCUT2D eigenvalue weighted by Crippen LogP contribution is -2.46. The Morgan fingerprint density at radius 1 is 1.25 bits per heavy atom. The van der Waals surface area contributed by atoms with E-state index in [-0.39, 0.29) is 34.4 Å². The number of rotatable bonds is 7. The molecule has 0 spiro atoms. The number of nitrogens with one attached hydrogen (secondary N) is 1. The number of piperidine rings is 1. The summed E-state index contributed by atoms with van der Waals surface area (Å²) in [5, 5.41) is 14.2. The van der Waals surface area contributed by atoms with Crippen LogP contribution in [0.4, 0.5) is 5.69 Å². The number of nitrogens with zero attached hydrogens (tertiary/aromatic N) is 3. The number of carbonyl (C=O) groups is 2. The van der Waals surface area contributed by atoms with Gasteiger partial charge in [-0.25, -0.2) is 0 Å². The number of hydrogen-bond acceptors (Lipinski definition) is 5. The van der Waals surface area contributed by atoms with Crippen molar-refractivity contribution in [3.8, 4) is 0 Å². The van der Waals surface area contributed by atoms with Gasteiger partial charge < -0.3 is 15.1 Å². The molecule has 0 bridgehead atoms. The van der Waals surface area contributed by atoms with Gasteiger partial charge in [-0.1, -0.05) is 26.0 Å². The summed E-state index contributed by atoms with van der Waals surface area (Å²) in [5.74, 6) is -0.465. The summed E-state index contributed by atoms with van der Waals surface area (Å²) in [6, 6.07) is 5.98. The highest BCUT2D eigenvalue weighted by atomic mass is 16.6. The number of likely N-dealkylation sites (tertiary alicyclic amines) is 1. The molecule has 1 aliphatic heterocycles. The first-order chi connectivity index (χ1) is 13.1. The maximum Gasteiger partial charge on any atom is 0.282 e. The Labute approximate surface area is 166 Å². The molecule has 0 aromatic heterocycles. The Hall–Kier alpha value is -2.48. The molecule has 28 heavy (non-hydrogen) atoms. The first kappa shape index (κ1) is 21.8. The van der Waals surface area contributed by atoms with Crippen LogP contribution < -0.4 is 5.32 Å². The number of hydrogen-bond donors (Lipinski definition) is 1. The van der Waals surface area contributed by atoms with Gasteiger partial charge in [0.1, 0.15) is 5.56 Å². The first-order valence-corrected chi connectivity index (χ1v) is 9.56. The average Bonchev–Trinajstić information content (AvgIpc) is 2.64. The number of benzene rings is 1. The summed E-state index contributed by atoms with van der Waals surface area (Å²) in [7, 11) is 4.01. The number of para-hydroxylation sites is 1. The molecular formula is C20H30N4O4. The highest BCUT2D eigenvalue weighted by molar-refractivity contribution is 5.98. The highest BCUT2D eigenvalue weighted by Gasteiger charge is 2.31. The van der Waals surface area contributed by atoms with Crippen LogP contribution in [0.1, 0.15) is 37.0 Å². The van der Waals surface area contributed by atoms with Crippen molar-refractivity contribution in [2.24, 2.45) is 11.3 Å². The molecule has 2 amide bonds. The van der Waals surface area contributed by atoms with Gasteiger partial charge in [0.15, 0.2) is 0 Å². The molecule has 1 aromatic rings. The number of carbonyl (C=O) groups excluding carboxylic acids is 2. The maximum absolute atomic E-state index is 12.7. The summed E-state index contributed by atoms with van der Waals surface area (Å²) in [4.78, 5) is 39.5. The minimum absolute atomic E-state index is 0.0182. The number of nitro groups is 1. The largest absolute Gasteiger partial charge is 0.355 e. The SMILES string of the molecule is CN(C)CC(C)(C)CNC(=O)C1CCN(C(=O)c2ccccc2[N+](=O)[O-])CC1. The standard InChI is InChI=1S/C20H30N4O4/c1-20(2,14-22(3)4)13-21-18(25)15-9-11-23(12-10-15)19(26)16-7-5-6-8-17(16)24(27)28/h5-8,15H,9-14H2,1-4H3,(H,21,25). The third-order valence-electron chi connectivity index (χ3n) is 4.97. The molecular weight excluding hydrogens is 360 g/mol. The van der Waals surface area contributed by atoms with Crippen molar-refractivity contribution in [3.63, 3.8) is 0 Å². The second kappa shape index (κ2) is 9.14. The van der Waals surface area contributed by atoms with Crippen LogP contribution in [-0.2, 0) is 4.79 Å². The van der Waals surface area contributed by atoms with Crippen molar-refractivity contribution in [1.82, 2.24) is 15.1 Å². The number of amides is 2. The van der Waals surface area contributed by atoms with Crippen LogP contribution in [0.25, 0.3) is 0 Å². The van der Waals surface area contributed by atoms with E-state index in [0.717, 1.165) is 6.54 Å². The van der Waals surface area contributed by atoms with Gasteiger partial charge in [-0.2, -0.15) is 0 Å². The summed E-state index contributed by atoms with van der Waals surface area (Å²) >= 11 is 0. The molecule has 0 atom stereocenters. The molecule has 8 nitrogen and oxygen atoms in total. The molecule has 1 N–H and O–H groups in total. The topological polar surface area (TPSA) is 95.8 Å². The zero-order valence-corrected chi connectivity index (χ0v) is 17.1. The van der Waals surface area contributed by atoms with E-state index in [9.17, 15) is 19.7 Å². The molecule has 1 heterocycles. The fourth-order valence-corrected chi connectivity index (χ4v) is 3.71. The average molecular weight is 390 g/mol. The normalized spacial score (nSPS) is 15.5. The molecule has 0 aliphatic carbocycles. The van der Waals surface area contributed by atoms with E-state index in [4.69, 9.17) is 0 Å². The minimum atomic E-state index is -0.539. The first-order valence-electron chi connectivity index (χ1n) is 9.56. The van der Waals surface area contributed by atoms with Crippen molar-refractivity contribution in [2.75, 3.05) is 40.3 Å². The van der Waals surface area contributed by atoms with Gasteiger partial charge in [-0.3, -0.25) is 19.7 Å². The van der Waals surface area contributed by atoms with Crippen molar-refractivity contribution in [3.05, 3.63) is 39.9 Å². The quantitative estimate of drug-likeness (QED) is 0.568. The van der Waals surface area contributed by atoms with Gasteiger partial charge in [0.05, 0.1) is 4.92 Å². The molecule has 0 saturated carbocycles. The molecule has 0 radical (unpaired) electrons. The molecule has 1 saturated heterocycles. The van der Waals surface area contributed by atoms with E-state index in [2.05, 4.69) is 24.1 Å². The third-order valence-corrected chi connectivity index (χ3v) is 4.97. The van der Waals surface area contributed by atoms with Crippen LogP contribution in [0, 0.1) is 21.4 Å². The van der Waals surface area contributed by atoms with E-state index >= 15 is 0 Å². The Bertz CT molecular complexity index is 725. The lowest BCUT2D eigenvalue weighted by Gasteiger charge is -2.33.